The van der Waals surface area contributed by atoms with Gasteiger partial charge in [-0.3, -0.25) is 14.5 Å². The monoisotopic (exact) mass is 318 g/mol. The molecule has 1 heterocycles. The van der Waals surface area contributed by atoms with Gasteiger partial charge in [-0.2, -0.15) is 0 Å². The van der Waals surface area contributed by atoms with E-state index in [2.05, 4.69) is 10.6 Å². The molecule has 1 saturated heterocycles. The molecule has 4 N–H and O–H groups in total. The maximum atomic E-state index is 12.2. The molecule has 2 amide bonds. The summed E-state index contributed by atoms with van der Waals surface area (Å²) in [5, 5.41) is 5.73. The maximum Gasteiger partial charge on any atom is 0.237 e. The fourth-order valence-electron chi connectivity index (χ4n) is 2.92. The molecule has 0 saturated carbocycles. The van der Waals surface area contributed by atoms with Gasteiger partial charge in [0.15, 0.2) is 0 Å². The van der Waals surface area contributed by atoms with Crippen molar-refractivity contribution in [1.29, 1.82) is 0 Å². The summed E-state index contributed by atoms with van der Waals surface area (Å²) in [6.07, 6.45) is 0.594. The number of nitrogens with two attached hydrogens (primary N) is 1. The van der Waals surface area contributed by atoms with Gasteiger partial charge in [-0.25, -0.2) is 0 Å². The lowest BCUT2D eigenvalue weighted by molar-refractivity contribution is -0.127. The highest BCUT2D eigenvalue weighted by molar-refractivity contribution is 5.84. The Kier molecular flexibility index (Phi) is 6.12. The Labute approximate surface area is 137 Å². The number of nitrogens with one attached hydrogen (secondary N) is 2. The van der Waals surface area contributed by atoms with E-state index in [0.29, 0.717) is 26.1 Å². The van der Waals surface area contributed by atoms with E-state index >= 15 is 0 Å². The molecule has 1 fully saturated rings. The molecule has 126 valence electrons. The normalized spacial score (nSPS) is 21.2. The Morgan fingerprint density at radius 3 is 2.74 bits per heavy atom. The van der Waals surface area contributed by atoms with Crippen LogP contribution in [-0.4, -0.2) is 48.4 Å². The largest absolute Gasteiger partial charge is 0.355 e. The van der Waals surface area contributed by atoms with E-state index in [-0.39, 0.29) is 30.4 Å². The van der Waals surface area contributed by atoms with Crippen molar-refractivity contribution < 1.29 is 9.59 Å². The Morgan fingerprint density at radius 1 is 1.30 bits per heavy atom. The predicted octanol–water partition coefficient (Wildman–Crippen LogP) is 0.149. The van der Waals surface area contributed by atoms with Crippen LogP contribution >= 0.6 is 0 Å². The fourth-order valence-corrected chi connectivity index (χ4v) is 2.92. The first-order chi connectivity index (χ1) is 11.0. The third-order valence-corrected chi connectivity index (χ3v) is 4.17. The summed E-state index contributed by atoms with van der Waals surface area (Å²) in [6, 6.07) is 7.58. The molecule has 0 aliphatic carbocycles. The van der Waals surface area contributed by atoms with E-state index in [4.69, 9.17) is 5.73 Å². The summed E-state index contributed by atoms with van der Waals surface area (Å²) in [5.41, 5.74) is 8.20. The Balaban J connectivity index is 1.88. The van der Waals surface area contributed by atoms with Crippen molar-refractivity contribution in [2.24, 2.45) is 5.73 Å². The minimum Gasteiger partial charge on any atom is -0.355 e. The molecule has 1 aliphatic heterocycles. The second-order valence-corrected chi connectivity index (χ2v) is 6.04. The van der Waals surface area contributed by atoms with Crippen molar-refractivity contribution in [2.75, 3.05) is 19.6 Å². The molecule has 6 nitrogen and oxygen atoms in total. The predicted molar refractivity (Wildman–Crippen MR) is 89.7 cm³/mol. The van der Waals surface area contributed by atoms with Gasteiger partial charge >= 0.3 is 0 Å². The molecule has 0 radical (unpaired) electrons. The van der Waals surface area contributed by atoms with E-state index < -0.39 is 0 Å². The second kappa shape index (κ2) is 8.08. The summed E-state index contributed by atoms with van der Waals surface area (Å²) in [4.78, 5) is 26.1. The average molecular weight is 318 g/mol. The van der Waals surface area contributed by atoms with E-state index in [0.717, 1.165) is 11.1 Å². The number of benzene rings is 1. The van der Waals surface area contributed by atoms with Crippen LogP contribution in [0.1, 0.15) is 24.5 Å². The van der Waals surface area contributed by atoms with Crippen LogP contribution in [0.3, 0.4) is 0 Å². The van der Waals surface area contributed by atoms with Crippen molar-refractivity contribution in [3.63, 3.8) is 0 Å². The number of hydrogen-bond acceptors (Lipinski definition) is 4. The lowest BCUT2D eigenvalue weighted by Gasteiger charge is -2.22. The molecule has 1 aromatic rings. The zero-order valence-corrected chi connectivity index (χ0v) is 13.8. The van der Waals surface area contributed by atoms with Crippen molar-refractivity contribution in [2.45, 2.75) is 38.9 Å². The first-order valence-electron chi connectivity index (χ1n) is 8.09. The molecule has 6 heteroatoms. The van der Waals surface area contributed by atoms with Gasteiger partial charge in [0.25, 0.3) is 0 Å². The number of rotatable bonds is 6. The number of carbonyl (C=O) groups is 2. The van der Waals surface area contributed by atoms with Gasteiger partial charge in [0.05, 0.1) is 12.6 Å². The summed E-state index contributed by atoms with van der Waals surface area (Å²) in [7, 11) is 0. The van der Waals surface area contributed by atoms with Gasteiger partial charge in [0, 0.05) is 25.7 Å². The third kappa shape index (κ3) is 4.77. The Hall–Kier alpha value is -1.92. The summed E-state index contributed by atoms with van der Waals surface area (Å²) in [6.45, 7) is 5.74. The number of likely N-dealkylation sites (N-methyl/N-ethyl adjacent to an activating group) is 1. The molecule has 0 spiro atoms. The number of aryl methyl sites for hydroxylation is 1. The van der Waals surface area contributed by atoms with Crippen molar-refractivity contribution in [3.05, 3.63) is 35.4 Å². The molecule has 1 aromatic carbocycles. The van der Waals surface area contributed by atoms with Crippen LogP contribution in [0.5, 0.6) is 0 Å². The molecular formula is C17H26N4O2. The molecule has 0 aromatic heterocycles. The second-order valence-electron chi connectivity index (χ2n) is 6.04. The van der Waals surface area contributed by atoms with Crippen LogP contribution < -0.4 is 16.4 Å². The van der Waals surface area contributed by atoms with Crippen LogP contribution in [0.4, 0.5) is 0 Å². The molecule has 23 heavy (non-hydrogen) atoms. The van der Waals surface area contributed by atoms with Gasteiger partial charge < -0.3 is 16.4 Å². The maximum absolute atomic E-state index is 12.2. The van der Waals surface area contributed by atoms with Crippen LogP contribution in [0.25, 0.3) is 0 Å². The smallest absolute Gasteiger partial charge is 0.237 e. The number of carbonyl (C=O) groups excluding carboxylic acids is 2. The minimum atomic E-state index is -0.311. The summed E-state index contributed by atoms with van der Waals surface area (Å²) < 4.78 is 0. The highest BCUT2D eigenvalue weighted by Gasteiger charge is 2.35. The number of likely N-dealkylation sites (tertiary alicyclic amines) is 1. The lowest BCUT2D eigenvalue weighted by Crippen LogP contribution is -2.47. The molecule has 1 aliphatic rings. The highest BCUT2D eigenvalue weighted by Crippen LogP contribution is 2.16. The van der Waals surface area contributed by atoms with E-state index in [1.165, 1.54) is 0 Å². The van der Waals surface area contributed by atoms with Gasteiger partial charge in [0.2, 0.25) is 11.8 Å². The number of amides is 2. The first-order valence-corrected chi connectivity index (χ1v) is 8.09. The first kappa shape index (κ1) is 17.4. The number of hydrogen-bond donors (Lipinski definition) is 3. The quantitative estimate of drug-likeness (QED) is 0.697. The summed E-state index contributed by atoms with van der Waals surface area (Å²) >= 11 is 0. The average Bonchev–Trinajstić information content (AvgIpc) is 2.87. The number of nitrogens with zero attached hydrogens (tertiary/aromatic N) is 1. The van der Waals surface area contributed by atoms with Gasteiger partial charge in [-0.1, -0.05) is 24.3 Å². The minimum absolute atomic E-state index is 0.0489. The standard InChI is InChI=1S/C17H26N4O2/c1-3-19-17(23)15-8-14(18)10-21(15)11-16(22)20-9-13-7-5-4-6-12(13)2/h4-7,14-15H,3,8-11,18H2,1-2H3,(H,19,23)(H,20,22)/t14-,15-/m0/s1. The van der Waals surface area contributed by atoms with Crippen molar-refractivity contribution in [3.8, 4) is 0 Å². The van der Waals surface area contributed by atoms with Crippen LogP contribution in [0, 0.1) is 6.92 Å². The van der Waals surface area contributed by atoms with E-state index in [1.807, 2.05) is 43.0 Å². The van der Waals surface area contributed by atoms with E-state index in [9.17, 15) is 9.59 Å². The molecule has 0 bridgehead atoms. The van der Waals surface area contributed by atoms with Crippen LogP contribution in [0.15, 0.2) is 24.3 Å². The van der Waals surface area contributed by atoms with Gasteiger partial charge in [-0.15, -0.1) is 0 Å². The zero-order chi connectivity index (χ0) is 16.8. The fraction of sp³-hybridized carbons (Fsp3) is 0.529. The zero-order valence-electron chi connectivity index (χ0n) is 13.8. The van der Waals surface area contributed by atoms with E-state index in [1.54, 1.807) is 0 Å². The molecule has 2 rings (SSSR count). The molecular weight excluding hydrogens is 292 g/mol. The topological polar surface area (TPSA) is 87.5 Å². The van der Waals surface area contributed by atoms with Crippen LogP contribution in [0.2, 0.25) is 0 Å². The SMILES string of the molecule is CCNC(=O)[C@@H]1C[C@H](N)CN1CC(=O)NCc1ccccc1C. The Bertz CT molecular complexity index is 561. The lowest BCUT2D eigenvalue weighted by atomic mass is 10.1. The summed E-state index contributed by atoms with van der Waals surface area (Å²) in [5.74, 6) is -0.135. The molecule has 2 atom stereocenters. The highest BCUT2D eigenvalue weighted by atomic mass is 16.2. The van der Waals surface area contributed by atoms with Crippen molar-refractivity contribution in [1.82, 2.24) is 15.5 Å². The van der Waals surface area contributed by atoms with Gasteiger partial charge in [-0.05, 0) is 31.4 Å². The molecule has 0 unspecified atom stereocenters. The van der Waals surface area contributed by atoms with Crippen LogP contribution in [-0.2, 0) is 16.1 Å². The van der Waals surface area contributed by atoms with Gasteiger partial charge in [0.1, 0.15) is 0 Å². The Morgan fingerprint density at radius 2 is 2.04 bits per heavy atom. The van der Waals surface area contributed by atoms with Crippen molar-refractivity contribution >= 4 is 11.8 Å². The third-order valence-electron chi connectivity index (χ3n) is 4.17.